The van der Waals surface area contributed by atoms with Gasteiger partial charge in [0.2, 0.25) is 0 Å². The number of benzene rings is 1. The van der Waals surface area contributed by atoms with E-state index in [0.717, 1.165) is 57.2 Å². The van der Waals surface area contributed by atoms with Crippen LogP contribution in [0.3, 0.4) is 0 Å². The van der Waals surface area contributed by atoms with E-state index in [9.17, 15) is 4.79 Å². The molecule has 0 bridgehead atoms. The minimum atomic E-state index is -0.163. The van der Waals surface area contributed by atoms with Gasteiger partial charge in [0, 0.05) is 58.4 Å². The van der Waals surface area contributed by atoms with Gasteiger partial charge in [-0.2, -0.15) is 0 Å². The van der Waals surface area contributed by atoms with Crippen molar-refractivity contribution in [1.29, 1.82) is 0 Å². The highest BCUT2D eigenvalue weighted by Crippen LogP contribution is 2.08. The van der Waals surface area contributed by atoms with Crippen LogP contribution in [-0.4, -0.2) is 74.5 Å². The summed E-state index contributed by atoms with van der Waals surface area (Å²) in [4.78, 5) is 21.2. The lowest BCUT2D eigenvalue weighted by Gasteiger charge is -2.36. The molecule has 1 amide bonds. The molecule has 2 N–H and O–H groups in total. The van der Waals surface area contributed by atoms with Crippen molar-refractivity contribution in [3.8, 4) is 0 Å². The largest absolute Gasteiger partial charge is 0.459 e. The predicted molar refractivity (Wildman–Crippen MR) is 125 cm³/mol. The fourth-order valence-electron chi connectivity index (χ4n) is 3.55. The molecule has 1 fully saturated rings. The van der Waals surface area contributed by atoms with Gasteiger partial charge in [0.25, 0.3) is 5.91 Å². The summed E-state index contributed by atoms with van der Waals surface area (Å²) >= 11 is 0. The second kappa shape index (κ2) is 12.0. The van der Waals surface area contributed by atoms with Gasteiger partial charge in [-0.15, -0.1) is 0 Å². The van der Waals surface area contributed by atoms with Gasteiger partial charge in [0.15, 0.2) is 11.7 Å². The van der Waals surface area contributed by atoms with Crippen molar-refractivity contribution in [2.24, 2.45) is 4.99 Å². The van der Waals surface area contributed by atoms with E-state index in [1.165, 1.54) is 11.8 Å². The third-order valence-corrected chi connectivity index (χ3v) is 5.35. The molecule has 1 saturated heterocycles. The standard InChI is InChI=1S/C24H33N5O2/c1-20-11-19-31-22(20)23(30)26-12-7-13-27-24(25-2)29-17-15-28(16-18-29)14-6-10-21-8-4-3-5-9-21/h3-6,8-11,19H,7,12-18H2,1-2H3,(H,25,27)(H,26,30)/b10-6+. The summed E-state index contributed by atoms with van der Waals surface area (Å²) < 4.78 is 5.21. The van der Waals surface area contributed by atoms with E-state index < -0.39 is 0 Å². The Morgan fingerprint density at radius 2 is 1.84 bits per heavy atom. The van der Waals surface area contributed by atoms with Gasteiger partial charge in [-0.25, -0.2) is 0 Å². The van der Waals surface area contributed by atoms with E-state index in [1.54, 1.807) is 6.07 Å². The summed E-state index contributed by atoms with van der Waals surface area (Å²) in [5.74, 6) is 1.15. The lowest BCUT2D eigenvalue weighted by molar-refractivity contribution is 0.0925. The van der Waals surface area contributed by atoms with Crippen molar-refractivity contribution < 1.29 is 9.21 Å². The van der Waals surface area contributed by atoms with E-state index in [4.69, 9.17) is 4.42 Å². The number of nitrogens with zero attached hydrogens (tertiary/aromatic N) is 3. The molecule has 2 heterocycles. The number of nitrogens with one attached hydrogen (secondary N) is 2. The van der Waals surface area contributed by atoms with Crippen LogP contribution >= 0.6 is 0 Å². The Kier molecular flexibility index (Phi) is 8.72. The number of piperazine rings is 1. The van der Waals surface area contributed by atoms with Crippen molar-refractivity contribution in [1.82, 2.24) is 20.4 Å². The first kappa shape index (κ1) is 22.6. The average molecular weight is 424 g/mol. The van der Waals surface area contributed by atoms with Crippen LogP contribution in [0.4, 0.5) is 0 Å². The molecule has 1 aliphatic heterocycles. The highest BCUT2D eigenvalue weighted by atomic mass is 16.3. The molecule has 1 aliphatic rings. The first-order chi connectivity index (χ1) is 15.2. The number of amides is 1. The number of aryl methyl sites for hydroxylation is 1. The molecule has 1 aromatic heterocycles. The predicted octanol–water partition coefficient (Wildman–Crippen LogP) is 2.61. The molecule has 1 aromatic carbocycles. The first-order valence-corrected chi connectivity index (χ1v) is 10.9. The molecule has 0 atom stereocenters. The smallest absolute Gasteiger partial charge is 0.287 e. The second-order valence-corrected chi connectivity index (χ2v) is 7.62. The normalized spacial score (nSPS) is 15.4. The number of hydrogen-bond donors (Lipinski definition) is 2. The van der Waals surface area contributed by atoms with Crippen LogP contribution in [0.15, 0.2) is 58.1 Å². The van der Waals surface area contributed by atoms with E-state index >= 15 is 0 Å². The average Bonchev–Trinajstić information content (AvgIpc) is 3.23. The van der Waals surface area contributed by atoms with E-state index in [1.807, 2.05) is 20.0 Å². The molecule has 0 saturated carbocycles. The third kappa shape index (κ3) is 7.00. The minimum absolute atomic E-state index is 0.163. The number of aliphatic imine (C=N–C) groups is 1. The summed E-state index contributed by atoms with van der Waals surface area (Å²) in [5, 5.41) is 6.30. The van der Waals surface area contributed by atoms with Crippen molar-refractivity contribution in [3.05, 3.63) is 65.6 Å². The van der Waals surface area contributed by atoms with Gasteiger partial charge < -0.3 is 20.0 Å². The van der Waals surface area contributed by atoms with Crippen LogP contribution in [-0.2, 0) is 0 Å². The number of carbonyl (C=O) groups excluding carboxylic acids is 1. The van der Waals surface area contributed by atoms with Gasteiger partial charge in [-0.3, -0.25) is 14.7 Å². The van der Waals surface area contributed by atoms with Gasteiger partial charge >= 0.3 is 0 Å². The van der Waals surface area contributed by atoms with Crippen LogP contribution < -0.4 is 10.6 Å². The number of rotatable bonds is 8. The summed E-state index contributed by atoms with van der Waals surface area (Å²) in [6, 6.07) is 12.2. The van der Waals surface area contributed by atoms with Crippen molar-refractivity contribution in [2.75, 3.05) is 52.9 Å². The lowest BCUT2D eigenvalue weighted by atomic mass is 10.2. The molecule has 7 nitrogen and oxygen atoms in total. The Balaban J connectivity index is 1.31. The maximum Gasteiger partial charge on any atom is 0.287 e. The molecular weight excluding hydrogens is 390 g/mol. The fourth-order valence-corrected chi connectivity index (χ4v) is 3.55. The second-order valence-electron chi connectivity index (χ2n) is 7.62. The molecule has 0 spiro atoms. The summed E-state index contributed by atoms with van der Waals surface area (Å²) in [7, 11) is 1.82. The Morgan fingerprint density at radius 3 is 2.52 bits per heavy atom. The molecule has 166 valence electrons. The Morgan fingerprint density at radius 1 is 1.10 bits per heavy atom. The number of furan rings is 1. The Labute approximate surface area is 184 Å². The topological polar surface area (TPSA) is 73.1 Å². The number of guanidine groups is 1. The highest BCUT2D eigenvalue weighted by Gasteiger charge is 2.18. The SMILES string of the molecule is CN=C(NCCCNC(=O)c1occc1C)N1CCN(C/C=C/c2ccccc2)CC1. The fraction of sp³-hybridized carbons (Fsp3) is 0.417. The Bertz CT molecular complexity index is 867. The van der Waals surface area contributed by atoms with Gasteiger partial charge in [-0.1, -0.05) is 42.5 Å². The van der Waals surface area contributed by atoms with Crippen molar-refractivity contribution in [3.63, 3.8) is 0 Å². The van der Waals surface area contributed by atoms with E-state index in [-0.39, 0.29) is 5.91 Å². The maximum atomic E-state index is 12.0. The third-order valence-electron chi connectivity index (χ3n) is 5.35. The van der Waals surface area contributed by atoms with Crippen LogP contribution in [0, 0.1) is 6.92 Å². The zero-order valence-electron chi connectivity index (χ0n) is 18.5. The van der Waals surface area contributed by atoms with Crippen LogP contribution in [0.2, 0.25) is 0 Å². The molecule has 0 unspecified atom stereocenters. The van der Waals surface area contributed by atoms with Crippen LogP contribution in [0.25, 0.3) is 6.08 Å². The monoisotopic (exact) mass is 423 g/mol. The zero-order chi connectivity index (χ0) is 21.9. The van der Waals surface area contributed by atoms with E-state index in [0.29, 0.717) is 12.3 Å². The highest BCUT2D eigenvalue weighted by molar-refractivity contribution is 5.92. The summed E-state index contributed by atoms with van der Waals surface area (Å²) in [6.45, 7) is 8.10. The zero-order valence-corrected chi connectivity index (χ0v) is 18.5. The molecule has 7 heteroatoms. The lowest BCUT2D eigenvalue weighted by Crippen LogP contribution is -2.52. The van der Waals surface area contributed by atoms with Crippen molar-refractivity contribution in [2.45, 2.75) is 13.3 Å². The molecule has 2 aromatic rings. The molecule has 3 rings (SSSR count). The van der Waals surface area contributed by atoms with Crippen LogP contribution in [0.5, 0.6) is 0 Å². The van der Waals surface area contributed by atoms with Crippen molar-refractivity contribution >= 4 is 17.9 Å². The minimum Gasteiger partial charge on any atom is -0.459 e. The quantitative estimate of drug-likeness (QED) is 0.388. The first-order valence-electron chi connectivity index (χ1n) is 10.9. The number of carbonyl (C=O) groups is 1. The number of hydrogen-bond acceptors (Lipinski definition) is 4. The summed E-state index contributed by atoms with van der Waals surface area (Å²) in [6.07, 6.45) is 6.76. The van der Waals surface area contributed by atoms with Gasteiger partial charge in [0.1, 0.15) is 0 Å². The van der Waals surface area contributed by atoms with E-state index in [2.05, 4.69) is 61.8 Å². The molecule has 0 aliphatic carbocycles. The molecule has 31 heavy (non-hydrogen) atoms. The molecular formula is C24H33N5O2. The van der Waals surface area contributed by atoms with Gasteiger partial charge in [0.05, 0.1) is 6.26 Å². The maximum absolute atomic E-state index is 12.0. The Hall–Kier alpha value is -3.06. The summed E-state index contributed by atoms with van der Waals surface area (Å²) in [5.41, 5.74) is 2.09. The van der Waals surface area contributed by atoms with Crippen LogP contribution in [0.1, 0.15) is 28.1 Å². The van der Waals surface area contributed by atoms with Gasteiger partial charge in [-0.05, 0) is 25.0 Å². The molecule has 0 radical (unpaired) electrons.